The fourth-order valence-corrected chi connectivity index (χ4v) is 3.15. The smallest absolute Gasteiger partial charge is 0.319 e. The fraction of sp³-hybridized carbons (Fsp3) is 0.867. The zero-order valence-electron chi connectivity index (χ0n) is 16.3. The Balaban J connectivity index is 3.76. The lowest BCUT2D eigenvalue weighted by Crippen LogP contribution is -2.41. The summed E-state index contributed by atoms with van der Waals surface area (Å²) in [5.74, 6) is -1.12. The summed E-state index contributed by atoms with van der Waals surface area (Å²) in [4.78, 5) is 27.0. The van der Waals surface area contributed by atoms with Crippen LogP contribution in [0.25, 0.3) is 0 Å². The second-order valence-corrected chi connectivity index (χ2v) is 9.36. The number of amides is 2. The molecule has 0 aliphatic carbocycles. The van der Waals surface area contributed by atoms with E-state index in [4.69, 9.17) is 18.8 Å². The van der Waals surface area contributed by atoms with E-state index in [-0.39, 0.29) is 30.8 Å². The van der Waals surface area contributed by atoms with Gasteiger partial charge in [-0.2, -0.15) is 8.42 Å². The lowest BCUT2D eigenvalue weighted by molar-refractivity contribution is -0.145. The number of rotatable bonds is 15. The van der Waals surface area contributed by atoms with Gasteiger partial charge in [0, 0.05) is 40.6 Å². The Labute approximate surface area is 164 Å². The van der Waals surface area contributed by atoms with Crippen LogP contribution in [0.15, 0.2) is 0 Å². The highest BCUT2D eigenvalue weighted by Gasteiger charge is 2.28. The fourth-order valence-electron chi connectivity index (χ4n) is 1.92. The summed E-state index contributed by atoms with van der Waals surface area (Å²) in [5, 5.41) is 0. The van der Waals surface area contributed by atoms with Crippen LogP contribution >= 0.6 is 10.8 Å². The first-order valence-electron chi connectivity index (χ1n) is 8.33. The molecule has 0 radical (unpaired) electrons. The van der Waals surface area contributed by atoms with Crippen LogP contribution in [-0.4, -0.2) is 108 Å². The lowest BCUT2D eigenvalue weighted by Gasteiger charge is -2.22. The van der Waals surface area contributed by atoms with Crippen LogP contribution in [0.5, 0.6) is 0 Å². The predicted molar refractivity (Wildman–Crippen MR) is 102 cm³/mol. The van der Waals surface area contributed by atoms with Crippen LogP contribution in [0, 0.1) is 5.92 Å². The molecule has 0 spiro atoms. The van der Waals surface area contributed by atoms with Gasteiger partial charge >= 0.3 is 9.15 Å². The van der Waals surface area contributed by atoms with E-state index in [1.807, 2.05) is 0 Å². The summed E-state index contributed by atoms with van der Waals surface area (Å²) in [6, 6.07) is 0. The Morgan fingerprint density at radius 1 is 0.852 bits per heavy atom. The molecule has 0 fully saturated rings. The third-order valence-electron chi connectivity index (χ3n) is 3.23. The number of hydrogen-bond donors (Lipinski definition) is 1. The van der Waals surface area contributed by atoms with Crippen molar-refractivity contribution in [1.82, 2.24) is 9.80 Å². The third kappa shape index (κ3) is 13.8. The molecule has 0 bridgehead atoms. The third-order valence-corrected chi connectivity index (χ3v) is 5.26. The van der Waals surface area contributed by atoms with E-state index in [1.165, 1.54) is 9.80 Å². The Morgan fingerprint density at radius 2 is 1.26 bits per heavy atom. The molecular formula is C15H30N2O8S2. The molecular weight excluding hydrogens is 400 g/mol. The van der Waals surface area contributed by atoms with Crippen molar-refractivity contribution >= 4 is 31.8 Å². The minimum Gasteiger partial charge on any atom is -0.379 e. The molecule has 0 heterocycles. The number of hydrogen-bond acceptors (Lipinski definition) is 8. The highest BCUT2D eigenvalue weighted by molar-refractivity contribution is 8.69. The second kappa shape index (κ2) is 14.1. The molecule has 27 heavy (non-hydrogen) atoms. The van der Waals surface area contributed by atoms with Gasteiger partial charge in [0.2, 0.25) is 11.8 Å². The molecule has 1 N–H and O–H groups in total. The molecule has 0 rings (SSSR count). The molecule has 0 aromatic rings. The van der Waals surface area contributed by atoms with Crippen molar-refractivity contribution in [1.29, 1.82) is 0 Å². The molecule has 160 valence electrons. The van der Waals surface area contributed by atoms with Gasteiger partial charge < -0.3 is 24.0 Å². The standard InChI is InChI=1S/C15H30N2O8S2/c1-16(2)14(18)13(15(19)17(3)4)5-6-23-7-8-24-9-10-25-11-12-26-27(20,21)22/h13H,5-12H2,1-4H3,(H,20,21,22). The molecule has 0 saturated carbocycles. The Bertz CT molecular complexity index is 520. The van der Waals surface area contributed by atoms with Gasteiger partial charge in [-0.15, -0.1) is 0 Å². The summed E-state index contributed by atoms with van der Waals surface area (Å²) in [5.41, 5.74) is 0. The lowest BCUT2D eigenvalue weighted by atomic mass is 10.0. The maximum absolute atomic E-state index is 12.1. The van der Waals surface area contributed by atoms with Gasteiger partial charge in [-0.25, -0.2) is 0 Å². The summed E-state index contributed by atoms with van der Waals surface area (Å²) < 4.78 is 45.2. The highest BCUT2D eigenvalue weighted by atomic mass is 33.1. The second-order valence-electron chi connectivity index (χ2n) is 5.89. The Hall–Kier alpha value is -0.920. The number of nitrogens with zero attached hydrogens (tertiary/aromatic N) is 2. The summed E-state index contributed by atoms with van der Waals surface area (Å²) in [6.45, 7) is 1.71. The van der Waals surface area contributed by atoms with Gasteiger partial charge in [-0.3, -0.25) is 14.1 Å². The van der Waals surface area contributed by atoms with Crippen molar-refractivity contribution in [3.8, 4) is 0 Å². The van der Waals surface area contributed by atoms with Crippen molar-refractivity contribution in [3.63, 3.8) is 0 Å². The van der Waals surface area contributed by atoms with E-state index in [1.54, 1.807) is 28.2 Å². The van der Waals surface area contributed by atoms with E-state index in [0.29, 0.717) is 43.6 Å². The molecule has 0 aromatic heterocycles. The molecule has 10 nitrogen and oxygen atoms in total. The van der Waals surface area contributed by atoms with Crippen molar-refractivity contribution in [2.24, 2.45) is 5.92 Å². The van der Waals surface area contributed by atoms with Gasteiger partial charge in [0.25, 0.3) is 0 Å². The zero-order valence-corrected chi connectivity index (χ0v) is 17.9. The quantitative estimate of drug-likeness (QED) is 0.162. The number of carbonyl (C=O) groups is 2. The monoisotopic (exact) mass is 430 g/mol. The zero-order chi connectivity index (χ0) is 20.9. The van der Waals surface area contributed by atoms with Gasteiger partial charge in [0.15, 0.2) is 0 Å². The average molecular weight is 431 g/mol. The van der Waals surface area contributed by atoms with E-state index in [2.05, 4.69) is 0 Å². The minimum absolute atomic E-state index is 0.139. The summed E-state index contributed by atoms with van der Waals surface area (Å²) >= 11 is 0. The molecule has 12 heteroatoms. The van der Waals surface area contributed by atoms with Crippen LogP contribution in [0.4, 0.5) is 0 Å². The van der Waals surface area contributed by atoms with Crippen LogP contribution in [-0.2, 0) is 32.9 Å². The predicted octanol–water partition coefficient (Wildman–Crippen LogP) is -0.245. The van der Waals surface area contributed by atoms with Gasteiger partial charge in [-0.1, -0.05) is 0 Å². The van der Waals surface area contributed by atoms with Gasteiger partial charge in [0.05, 0.1) is 33.0 Å². The minimum atomic E-state index is -4.02. The maximum atomic E-state index is 12.1. The first kappa shape index (κ1) is 26.1. The first-order chi connectivity index (χ1) is 12.6. The molecule has 0 aliphatic heterocycles. The first-order valence-corrected chi connectivity index (χ1v) is 11.3. The van der Waals surface area contributed by atoms with Crippen LogP contribution in [0.3, 0.4) is 0 Å². The molecule has 0 aromatic carbocycles. The van der Waals surface area contributed by atoms with Crippen molar-refractivity contribution in [2.75, 3.05) is 73.6 Å². The molecule has 0 atom stereocenters. The largest absolute Gasteiger partial charge is 0.379 e. The molecule has 0 unspecified atom stereocenters. The summed E-state index contributed by atoms with van der Waals surface area (Å²) in [6.07, 6.45) is 0.294. The topological polar surface area (TPSA) is 123 Å². The van der Waals surface area contributed by atoms with Crippen LogP contribution in [0.1, 0.15) is 6.42 Å². The van der Waals surface area contributed by atoms with Crippen molar-refractivity contribution in [2.45, 2.75) is 6.42 Å². The Morgan fingerprint density at radius 3 is 1.67 bits per heavy atom. The SMILES string of the molecule is CN(C)C(=O)C(CCOCCOCCOCCSS(=O)(=O)O)C(=O)N(C)C. The van der Waals surface area contributed by atoms with Gasteiger partial charge in [-0.05, 0) is 17.2 Å². The summed E-state index contributed by atoms with van der Waals surface area (Å²) in [7, 11) is 2.82. The van der Waals surface area contributed by atoms with Crippen LogP contribution < -0.4 is 0 Å². The van der Waals surface area contributed by atoms with E-state index in [0.717, 1.165) is 0 Å². The molecule has 2 amide bonds. The molecule has 0 aliphatic rings. The van der Waals surface area contributed by atoms with Crippen LogP contribution in [0.2, 0.25) is 0 Å². The van der Waals surface area contributed by atoms with E-state index in [9.17, 15) is 18.0 Å². The highest BCUT2D eigenvalue weighted by Crippen LogP contribution is 2.10. The number of ether oxygens (including phenoxy) is 3. The maximum Gasteiger partial charge on any atom is 0.319 e. The van der Waals surface area contributed by atoms with Crippen molar-refractivity contribution < 1.29 is 36.8 Å². The average Bonchev–Trinajstić information content (AvgIpc) is 2.56. The van der Waals surface area contributed by atoms with E-state index < -0.39 is 15.1 Å². The number of carbonyl (C=O) groups excluding carboxylic acids is 2. The molecule has 0 saturated heterocycles. The Kier molecular flexibility index (Phi) is 13.6. The van der Waals surface area contributed by atoms with Crippen molar-refractivity contribution in [3.05, 3.63) is 0 Å². The van der Waals surface area contributed by atoms with Gasteiger partial charge in [0.1, 0.15) is 5.92 Å². The normalized spacial score (nSPS) is 11.6. The van der Waals surface area contributed by atoms with E-state index >= 15 is 0 Å².